The number of nitrogens with two attached hydrogens (primary N) is 1. The Balaban J connectivity index is 2.39. The molecule has 118 valence electrons. The number of methoxy groups -OCH3 is 1. The maximum Gasteiger partial charge on any atom is 0.328 e. The Kier molecular flexibility index (Phi) is 4.92. The largest absolute Gasteiger partial charge is 0.495 e. The molecule has 8 heteroatoms. The highest BCUT2D eigenvalue weighted by Crippen LogP contribution is 2.28. The zero-order valence-corrected chi connectivity index (χ0v) is 12.6. The second-order valence-electron chi connectivity index (χ2n) is 4.90. The first-order valence-corrected chi connectivity index (χ1v) is 7.03. The van der Waals surface area contributed by atoms with Gasteiger partial charge in [0.1, 0.15) is 5.75 Å². The molecule has 0 amide bonds. The van der Waals surface area contributed by atoms with E-state index in [9.17, 15) is 9.90 Å². The van der Waals surface area contributed by atoms with E-state index >= 15 is 0 Å². The van der Waals surface area contributed by atoms with Crippen molar-refractivity contribution in [2.45, 2.75) is 32.2 Å². The summed E-state index contributed by atoms with van der Waals surface area (Å²) >= 11 is 0. The fourth-order valence-electron chi connectivity index (χ4n) is 2.21. The van der Waals surface area contributed by atoms with Crippen molar-refractivity contribution in [3.8, 4) is 17.1 Å². The molecule has 1 aromatic carbocycles. The predicted octanol–water partition coefficient (Wildman–Crippen LogP) is 1.75. The highest BCUT2D eigenvalue weighted by molar-refractivity contribution is 5.73. The lowest BCUT2D eigenvalue weighted by molar-refractivity contribution is -0.141. The van der Waals surface area contributed by atoms with E-state index in [4.69, 9.17) is 10.5 Å². The molecule has 0 saturated carbocycles. The van der Waals surface area contributed by atoms with Crippen LogP contribution in [0.5, 0.6) is 5.75 Å². The Morgan fingerprint density at radius 2 is 2.27 bits per heavy atom. The van der Waals surface area contributed by atoms with Gasteiger partial charge in [0.05, 0.1) is 12.8 Å². The van der Waals surface area contributed by atoms with Gasteiger partial charge in [-0.2, -0.15) is 0 Å². The number of ether oxygens (including phenoxy) is 1. The minimum Gasteiger partial charge on any atom is -0.495 e. The van der Waals surface area contributed by atoms with E-state index in [0.29, 0.717) is 29.2 Å². The molecule has 8 nitrogen and oxygen atoms in total. The van der Waals surface area contributed by atoms with Gasteiger partial charge in [0.25, 0.3) is 0 Å². The van der Waals surface area contributed by atoms with Gasteiger partial charge in [0, 0.05) is 5.56 Å². The van der Waals surface area contributed by atoms with Gasteiger partial charge in [-0.3, -0.25) is 0 Å². The number of hydrogen-bond acceptors (Lipinski definition) is 6. The van der Waals surface area contributed by atoms with E-state index in [-0.39, 0.29) is 0 Å². The number of benzene rings is 1. The summed E-state index contributed by atoms with van der Waals surface area (Å²) in [4.78, 5) is 11.5. The van der Waals surface area contributed by atoms with E-state index in [0.717, 1.165) is 12.8 Å². The Hall–Kier alpha value is -2.64. The van der Waals surface area contributed by atoms with Crippen molar-refractivity contribution in [1.29, 1.82) is 0 Å². The van der Waals surface area contributed by atoms with E-state index in [2.05, 4.69) is 15.5 Å². The van der Waals surface area contributed by atoms with Crippen LogP contribution in [0.4, 0.5) is 5.69 Å². The number of hydrogen-bond donors (Lipinski definition) is 2. The molecule has 0 saturated heterocycles. The fraction of sp³-hybridized carbons (Fsp3) is 0.429. The quantitative estimate of drug-likeness (QED) is 0.748. The summed E-state index contributed by atoms with van der Waals surface area (Å²) in [5, 5.41) is 20.8. The molecule has 0 spiro atoms. The molecular formula is C14H19N5O3. The molecule has 0 aliphatic rings. The van der Waals surface area contributed by atoms with Crippen LogP contribution in [-0.2, 0) is 4.79 Å². The minimum atomic E-state index is -0.955. The van der Waals surface area contributed by atoms with Crippen LogP contribution in [0.1, 0.15) is 32.2 Å². The number of aromatic nitrogens is 4. The maximum atomic E-state index is 11.5. The van der Waals surface area contributed by atoms with Crippen molar-refractivity contribution in [2.75, 3.05) is 12.8 Å². The number of rotatable bonds is 7. The Morgan fingerprint density at radius 1 is 1.50 bits per heavy atom. The molecule has 0 bridgehead atoms. The number of carboxylic acid groups (broad SMARTS) is 1. The summed E-state index contributed by atoms with van der Waals surface area (Å²) in [5.41, 5.74) is 6.97. The molecule has 3 N–H and O–H groups in total. The number of aliphatic carboxylic acids is 1. The van der Waals surface area contributed by atoms with Gasteiger partial charge >= 0.3 is 5.97 Å². The van der Waals surface area contributed by atoms with Crippen molar-refractivity contribution < 1.29 is 14.6 Å². The van der Waals surface area contributed by atoms with Crippen molar-refractivity contribution in [2.24, 2.45) is 0 Å². The van der Waals surface area contributed by atoms with Crippen LogP contribution < -0.4 is 10.5 Å². The lowest BCUT2D eigenvalue weighted by Gasteiger charge is -2.14. The Bertz CT molecular complexity index is 656. The number of nitrogens with zero attached hydrogens (tertiary/aromatic N) is 4. The fourth-order valence-corrected chi connectivity index (χ4v) is 2.21. The first-order valence-electron chi connectivity index (χ1n) is 7.03. The number of carboxylic acids is 1. The molecule has 2 aromatic rings. The summed E-state index contributed by atoms with van der Waals surface area (Å²) in [7, 11) is 1.53. The van der Waals surface area contributed by atoms with Gasteiger partial charge in [-0.1, -0.05) is 19.8 Å². The number of tetrazole rings is 1. The van der Waals surface area contributed by atoms with E-state index in [1.807, 2.05) is 6.92 Å². The number of anilines is 1. The molecule has 22 heavy (non-hydrogen) atoms. The first kappa shape index (κ1) is 15.7. The normalized spacial score (nSPS) is 12.1. The molecule has 1 aromatic heterocycles. The zero-order chi connectivity index (χ0) is 16.1. The third-order valence-corrected chi connectivity index (χ3v) is 3.39. The van der Waals surface area contributed by atoms with Gasteiger partial charge in [-0.15, -0.1) is 5.10 Å². The van der Waals surface area contributed by atoms with Crippen LogP contribution in [-0.4, -0.2) is 38.4 Å². The van der Waals surface area contributed by atoms with Crippen LogP contribution >= 0.6 is 0 Å². The van der Waals surface area contributed by atoms with Crippen LogP contribution in [0.15, 0.2) is 18.2 Å². The van der Waals surface area contributed by atoms with Crippen molar-refractivity contribution >= 4 is 11.7 Å². The number of nitrogen functional groups attached to an aromatic ring is 1. The van der Waals surface area contributed by atoms with Gasteiger partial charge in [0.2, 0.25) is 0 Å². The van der Waals surface area contributed by atoms with Gasteiger partial charge in [0.15, 0.2) is 11.9 Å². The molecule has 0 aliphatic carbocycles. The van der Waals surface area contributed by atoms with Gasteiger partial charge in [-0.25, -0.2) is 9.48 Å². The molecule has 0 fully saturated rings. The summed E-state index contributed by atoms with van der Waals surface area (Å²) in [6.07, 6.45) is 2.15. The Labute approximate surface area is 127 Å². The van der Waals surface area contributed by atoms with E-state index in [1.165, 1.54) is 11.8 Å². The molecule has 0 radical (unpaired) electrons. The number of carbonyl (C=O) groups is 1. The lowest BCUT2D eigenvalue weighted by Crippen LogP contribution is -2.21. The monoisotopic (exact) mass is 305 g/mol. The van der Waals surface area contributed by atoms with E-state index in [1.54, 1.807) is 18.2 Å². The topological polar surface area (TPSA) is 116 Å². The highest BCUT2D eigenvalue weighted by Gasteiger charge is 2.24. The van der Waals surface area contributed by atoms with Crippen molar-refractivity contribution in [3.63, 3.8) is 0 Å². The third-order valence-electron chi connectivity index (χ3n) is 3.39. The standard InChI is InChI=1S/C14H19N5O3/c1-3-4-5-11(14(20)21)19-13(16-17-18-19)9-6-7-12(22-2)10(15)8-9/h6-8,11H,3-5,15H2,1-2H3,(H,20,21). The minimum absolute atomic E-state index is 0.373. The van der Waals surface area contributed by atoms with Crippen molar-refractivity contribution in [3.05, 3.63) is 18.2 Å². The molecule has 0 aliphatic heterocycles. The molecule has 1 unspecified atom stereocenters. The van der Waals surface area contributed by atoms with Crippen LogP contribution in [0.3, 0.4) is 0 Å². The summed E-state index contributed by atoms with van der Waals surface area (Å²) in [6.45, 7) is 2.00. The van der Waals surface area contributed by atoms with Crippen molar-refractivity contribution in [1.82, 2.24) is 20.2 Å². The third kappa shape index (κ3) is 3.16. The average molecular weight is 305 g/mol. The molecule has 2 rings (SSSR count). The van der Waals surface area contributed by atoms with Crippen LogP contribution in [0, 0.1) is 0 Å². The lowest BCUT2D eigenvalue weighted by atomic mass is 10.1. The zero-order valence-electron chi connectivity index (χ0n) is 12.6. The SMILES string of the molecule is CCCCC(C(=O)O)n1nnnc1-c1ccc(OC)c(N)c1. The predicted molar refractivity (Wildman–Crippen MR) is 80.4 cm³/mol. The second-order valence-corrected chi connectivity index (χ2v) is 4.90. The molecular weight excluding hydrogens is 286 g/mol. The summed E-state index contributed by atoms with van der Waals surface area (Å²) < 4.78 is 6.44. The highest BCUT2D eigenvalue weighted by atomic mass is 16.5. The summed E-state index contributed by atoms with van der Waals surface area (Å²) in [6, 6.07) is 4.31. The molecule has 1 atom stereocenters. The number of unbranched alkanes of at least 4 members (excludes halogenated alkanes) is 1. The van der Waals surface area contributed by atoms with Crippen LogP contribution in [0.2, 0.25) is 0 Å². The molecule has 1 heterocycles. The summed E-state index contributed by atoms with van der Waals surface area (Å²) in [5.74, 6) is -0.0371. The average Bonchev–Trinajstić information content (AvgIpc) is 2.96. The van der Waals surface area contributed by atoms with E-state index < -0.39 is 12.0 Å². The van der Waals surface area contributed by atoms with Gasteiger partial charge < -0.3 is 15.6 Å². The second kappa shape index (κ2) is 6.88. The van der Waals surface area contributed by atoms with Gasteiger partial charge in [-0.05, 0) is 35.0 Å². The Morgan fingerprint density at radius 3 is 2.86 bits per heavy atom. The van der Waals surface area contributed by atoms with Crippen LogP contribution in [0.25, 0.3) is 11.4 Å². The maximum absolute atomic E-state index is 11.5. The first-order chi connectivity index (χ1) is 10.6. The smallest absolute Gasteiger partial charge is 0.328 e.